The third-order valence-electron chi connectivity index (χ3n) is 0. The molecule has 0 bridgehead atoms. The van der Waals surface area contributed by atoms with Gasteiger partial charge in [0.25, 0.3) is 0 Å². The van der Waals surface area contributed by atoms with E-state index in [0.717, 1.165) is 0 Å². The molecule has 1 radical (unpaired) electrons. The summed E-state index contributed by atoms with van der Waals surface area (Å²) in [6.07, 6.45) is 0. The molecule has 0 saturated carbocycles. The van der Waals surface area contributed by atoms with Crippen molar-refractivity contribution >= 4 is 7.82 Å². The van der Waals surface area contributed by atoms with E-state index in [2.05, 4.69) is 0 Å². The zero-order valence-electron chi connectivity index (χ0n) is 6.64. The molecule has 0 amide bonds. The standard InChI is InChI=1S/K.Li.H3O4P.Ta.2H/c;;1-5(2,3)4;;;/h;;(H3,1,2,3,4);;;/q2*+1;;;2*-1. The van der Waals surface area contributed by atoms with Crippen molar-refractivity contribution in [3.63, 3.8) is 0 Å². The van der Waals surface area contributed by atoms with E-state index in [-0.39, 0.29) is 95.5 Å². The van der Waals surface area contributed by atoms with Gasteiger partial charge in [0.2, 0.25) is 0 Å². The van der Waals surface area contributed by atoms with Gasteiger partial charge in [0.1, 0.15) is 0 Å². The summed E-state index contributed by atoms with van der Waals surface area (Å²) < 4.78 is 8.88. The Hall–Kier alpha value is 3.08. The van der Waals surface area contributed by atoms with Crippen LogP contribution in [0.1, 0.15) is 2.85 Å². The van der Waals surface area contributed by atoms with Crippen LogP contribution in [0.25, 0.3) is 0 Å². The Morgan fingerprint density at radius 2 is 1.25 bits per heavy atom. The second-order valence-electron chi connectivity index (χ2n) is 0.513. The van der Waals surface area contributed by atoms with Crippen LogP contribution in [0.4, 0.5) is 0 Å². The summed E-state index contributed by atoms with van der Waals surface area (Å²) in [7, 11) is -4.64. The largest absolute Gasteiger partial charge is 1.00 e. The second-order valence-corrected chi connectivity index (χ2v) is 1.54. The average Bonchev–Trinajstić information content (AvgIpc) is 0.722. The van der Waals surface area contributed by atoms with Gasteiger partial charge in [-0.1, -0.05) is 0 Å². The Kier molecular flexibility index (Phi) is 28.3. The molecule has 0 aromatic heterocycles. The third kappa shape index (κ3) is 62.4. The zero-order chi connectivity index (χ0) is 4.50. The van der Waals surface area contributed by atoms with Crippen molar-refractivity contribution in [3.05, 3.63) is 0 Å². The maximum Gasteiger partial charge on any atom is 1.00 e. The molecule has 41 valence electrons. The molecule has 0 aromatic rings. The van der Waals surface area contributed by atoms with Crippen LogP contribution >= 0.6 is 7.82 Å². The Labute approximate surface area is 120 Å². The molecule has 0 aromatic carbocycles. The Bertz CT molecular complexity index is 69.4. The fourth-order valence-electron chi connectivity index (χ4n) is 0. The van der Waals surface area contributed by atoms with Gasteiger partial charge in [-0.25, -0.2) is 4.57 Å². The summed E-state index contributed by atoms with van der Waals surface area (Å²) in [5.74, 6) is 0. The van der Waals surface area contributed by atoms with Gasteiger partial charge in [0.05, 0.1) is 0 Å². The Balaban J connectivity index is -0.00000000800. The molecule has 0 aliphatic heterocycles. The van der Waals surface area contributed by atoms with Crippen molar-refractivity contribution in [2.45, 2.75) is 0 Å². The molecule has 0 heterocycles. The van der Waals surface area contributed by atoms with E-state index in [9.17, 15) is 0 Å². The van der Waals surface area contributed by atoms with E-state index in [1.807, 2.05) is 0 Å². The normalized spacial score (nSPS) is 7.38. The van der Waals surface area contributed by atoms with E-state index in [1.165, 1.54) is 0 Å². The fourth-order valence-corrected chi connectivity index (χ4v) is 0. The van der Waals surface area contributed by atoms with Gasteiger partial charge in [0, 0.05) is 22.4 Å². The summed E-state index contributed by atoms with van der Waals surface area (Å²) in [4.78, 5) is 21.6. The quantitative estimate of drug-likeness (QED) is 0.305. The van der Waals surface area contributed by atoms with Crippen LogP contribution in [0, 0.1) is 0 Å². The smallest absolute Gasteiger partial charge is 1.00 e. The molecule has 3 N–H and O–H groups in total. The minimum Gasteiger partial charge on any atom is -1.00 e. The van der Waals surface area contributed by atoms with Gasteiger partial charge in [-0.2, -0.15) is 0 Å². The van der Waals surface area contributed by atoms with Crippen LogP contribution in [0.5, 0.6) is 0 Å². The van der Waals surface area contributed by atoms with Crippen LogP contribution in [0.15, 0.2) is 0 Å². The van der Waals surface area contributed by atoms with Crippen molar-refractivity contribution < 1.29 is 115 Å². The number of hydrogen-bond acceptors (Lipinski definition) is 1. The maximum atomic E-state index is 8.88. The van der Waals surface area contributed by atoms with E-state index >= 15 is 0 Å². The van der Waals surface area contributed by atoms with Crippen molar-refractivity contribution in [1.29, 1.82) is 0 Å². The monoisotopic (exact) mass is 327 g/mol. The first kappa shape index (κ1) is 22.5. The van der Waals surface area contributed by atoms with Crippen LogP contribution in [0.2, 0.25) is 0 Å². The zero-order valence-corrected chi connectivity index (χ0v) is 11.9. The third-order valence-corrected chi connectivity index (χ3v) is 0. The molecule has 0 aliphatic rings. The first-order valence-electron chi connectivity index (χ1n) is 0.783. The first-order valence-corrected chi connectivity index (χ1v) is 2.35. The van der Waals surface area contributed by atoms with Crippen LogP contribution < -0.4 is 70.2 Å². The van der Waals surface area contributed by atoms with Crippen LogP contribution in [-0.2, 0) is 26.9 Å². The van der Waals surface area contributed by atoms with Gasteiger partial charge in [-0.05, 0) is 0 Å². The predicted molar refractivity (Wildman–Crippen MR) is 16.5 cm³/mol. The minimum absolute atomic E-state index is 0. The SMILES string of the molecule is O=P(O)(O)O.[H-].[H-].[K+].[Li+].[Ta]. The molecule has 0 saturated heterocycles. The fraction of sp³-hybridized carbons (Fsp3) is 0. The number of hydrogen-bond donors (Lipinski definition) is 3. The van der Waals surface area contributed by atoms with Gasteiger partial charge < -0.3 is 17.5 Å². The van der Waals surface area contributed by atoms with Gasteiger partial charge in [-0.15, -0.1) is 0 Å². The summed E-state index contributed by atoms with van der Waals surface area (Å²) in [5, 5.41) is 0. The summed E-state index contributed by atoms with van der Waals surface area (Å²) in [5.41, 5.74) is 0. The Morgan fingerprint density at radius 1 is 1.25 bits per heavy atom. The molecular weight excluding hydrogens is 322 g/mol. The topological polar surface area (TPSA) is 77.8 Å². The molecule has 0 aliphatic carbocycles. The molecular formula is H5KLiO4PTa. The summed E-state index contributed by atoms with van der Waals surface area (Å²) >= 11 is 0. The molecule has 0 fully saturated rings. The van der Waals surface area contributed by atoms with Crippen molar-refractivity contribution in [3.8, 4) is 0 Å². The van der Waals surface area contributed by atoms with E-state index < -0.39 is 7.82 Å². The Morgan fingerprint density at radius 3 is 1.25 bits per heavy atom. The van der Waals surface area contributed by atoms with Gasteiger partial charge >= 0.3 is 78.1 Å². The number of phosphoric acid groups is 1. The van der Waals surface area contributed by atoms with E-state index in [0.29, 0.717) is 0 Å². The van der Waals surface area contributed by atoms with E-state index in [1.54, 1.807) is 0 Å². The molecule has 8 heavy (non-hydrogen) atoms. The van der Waals surface area contributed by atoms with Crippen LogP contribution in [-0.4, -0.2) is 14.7 Å². The molecule has 0 rings (SSSR count). The molecule has 8 heteroatoms. The summed E-state index contributed by atoms with van der Waals surface area (Å²) in [6.45, 7) is 0. The van der Waals surface area contributed by atoms with Gasteiger partial charge in [-0.3, -0.25) is 0 Å². The second kappa shape index (κ2) is 10.1. The average molecular weight is 327 g/mol. The van der Waals surface area contributed by atoms with Crippen LogP contribution in [0.3, 0.4) is 0 Å². The predicted octanol–water partition coefficient (Wildman–Crippen LogP) is -6.70. The number of rotatable bonds is 0. The minimum atomic E-state index is -4.64. The molecule has 0 spiro atoms. The maximum absolute atomic E-state index is 8.88. The molecule has 4 nitrogen and oxygen atoms in total. The van der Waals surface area contributed by atoms with Crippen molar-refractivity contribution in [2.75, 3.05) is 0 Å². The first-order chi connectivity index (χ1) is 2.00. The van der Waals surface area contributed by atoms with Crippen molar-refractivity contribution in [1.82, 2.24) is 0 Å². The molecule has 0 atom stereocenters. The van der Waals surface area contributed by atoms with E-state index in [4.69, 9.17) is 19.2 Å². The molecule has 0 unspecified atom stereocenters. The van der Waals surface area contributed by atoms with Gasteiger partial charge in [0.15, 0.2) is 0 Å². The van der Waals surface area contributed by atoms with Crippen molar-refractivity contribution in [2.24, 2.45) is 0 Å². The summed E-state index contributed by atoms with van der Waals surface area (Å²) in [6, 6.07) is 0.